The SMILES string of the molecule is Cn1ccc(-c2noc(C(F)(F)F)n2)cc1=O. The van der Waals surface area contributed by atoms with E-state index in [9.17, 15) is 18.0 Å². The molecule has 2 rings (SSSR count). The van der Waals surface area contributed by atoms with Gasteiger partial charge in [0, 0.05) is 24.9 Å². The van der Waals surface area contributed by atoms with Crippen molar-refractivity contribution < 1.29 is 17.7 Å². The molecule has 0 spiro atoms. The fourth-order valence-electron chi connectivity index (χ4n) is 1.14. The number of nitrogens with zero attached hydrogens (tertiary/aromatic N) is 3. The Morgan fingerprint density at radius 3 is 2.65 bits per heavy atom. The lowest BCUT2D eigenvalue weighted by atomic mass is 10.2. The highest BCUT2D eigenvalue weighted by atomic mass is 19.4. The van der Waals surface area contributed by atoms with E-state index >= 15 is 0 Å². The van der Waals surface area contributed by atoms with Gasteiger partial charge in [0.15, 0.2) is 0 Å². The Kier molecular flexibility index (Phi) is 2.49. The molecule has 0 saturated heterocycles. The fourth-order valence-corrected chi connectivity index (χ4v) is 1.14. The van der Waals surface area contributed by atoms with Crippen LogP contribution in [0, 0.1) is 0 Å². The Hall–Kier alpha value is -2.12. The van der Waals surface area contributed by atoms with Crippen LogP contribution in [0.3, 0.4) is 0 Å². The third-order valence-corrected chi connectivity index (χ3v) is 2.03. The molecule has 0 aliphatic carbocycles. The molecular weight excluding hydrogens is 239 g/mol. The number of halogens is 3. The van der Waals surface area contributed by atoms with Gasteiger partial charge >= 0.3 is 12.1 Å². The lowest BCUT2D eigenvalue weighted by molar-refractivity contribution is -0.159. The lowest BCUT2D eigenvalue weighted by Crippen LogP contribution is -2.14. The third-order valence-electron chi connectivity index (χ3n) is 2.03. The van der Waals surface area contributed by atoms with Gasteiger partial charge in [-0.1, -0.05) is 5.16 Å². The van der Waals surface area contributed by atoms with E-state index in [-0.39, 0.29) is 16.9 Å². The van der Waals surface area contributed by atoms with Crippen LogP contribution < -0.4 is 5.56 Å². The second kappa shape index (κ2) is 3.72. The lowest BCUT2D eigenvalue weighted by Gasteiger charge is -1.97. The maximum Gasteiger partial charge on any atom is 0.471 e. The molecule has 0 atom stereocenters. The Balaban J connectivity index is 2.44. The van der Waals surface area contributed by atoms with Crippen LogP contribution in [0.4, 0.5) is 13.2 Å². The van der Waals surface area contributed by atoms with E-state index in [0.29, 0.717) is 0 Å². The van der Waals surface area contributed by atoms with Gasteiger partial charge in [0.05, 0.1) is 0 Å². The average Bonchev–Trinajstić information content (AvgIpc) is 2.70. The summed E-state index contributed by atoms with van der Waals surface area (Å²) < 4.78 is 41.9. The first-order valence-corrected chi connectivity index (χ1v) is 4.46. The van der Waals surface area contributed by atoms with Crippen molar-refractivity contribution in [3.63, 3.8) is 0 Å². The first kappa shape index (κ1) is 11.4. The zero-order valence-corrected chi connectivity index (χ0v) is 8.52. The molecule has 8 heteroatoms. The van der Waals surface area contributed by atoms with E-state index in [0.717, 1.165) is 6.07 Å². The van der Waals surface area contributed by atoms with Crippen molar-refractivity contribution >= 4 is 0 Å². The Morgan fingerprint density at radius 2 is 2.12 bits per heavy atom. The number of alkyl halides is 3. The number of rotatable bonds is 1. The van der Waals surface area contributed by atoms with Crippen molar-refractivity contribution in [3.8, 4) is 11.4 Å². The van der Waals surface area contributed by atoms with Crippen molar-refractivity contribution in [2.75, 3.05) is 0 Å². The molecule has 0 radical (unpaired) electrons. The molecule has 0 N–H and O–H groups in total. The van der Waals surface area contributed by atoms with Crippen LogP contribution in [0.2, 0.25) is 0 Å². The molecule has 0 aliphatic rings. The molecule has 2 heterocycles. The molecular formula is C9H6F3N3O2. The van der Waals surface area contributed by atoms with E-state index in [1.165, 1.54) is 23.9 Å². The van der Waals surface area contributed by atoms with E-state index < -0.39 is 12.1 Å². The zero-order valence-electron chi connectivity index (χ0n) is 8.52. The van der Waals surface area contributed by atoms with Crippen LogP contribution in [0.25, 0.3) is 11.4 Å². The summed E-state index contributed by atoms with van der Waals surface area (Å²) in [4.78, 5) is 14.4. The van der Waals surface area contributed by atoms with Gasteiger partial charge in [-0.2, -0.15) is 18.2 Å². The summed E-state index contributed by atoms with van der Waals surface area (Å²) in [6.45, 7) is 0. The number of aromatic nitrogens is 3. The molecule has 0 bridgehead atoms. The smallest absolute Gasteiger partial charge is 0.329 e. The van der Waals surface area contributed by atoms with E-state index in [4.69, 9.17) is 0 Å². The molecule has 2 aromatic heterocycles. The predicted molar refractivity (Wildman–Crippen MR) is 50.0 cm³/mol. The van der Waals surface area contributed by atoms with Crippen molar-refractivity contribution in [3.05, 3.63) is 34.6 Å². The first-order valence-electron chi connectivity index (χ1n) is 4.46. The minimum atomic E-state index is -4.69. The van der Waals surface area contributed by atoms with Crippen LogP contribution in [0.5, 0.6) is 0 Å². The molecule has 2 aromatic rings. The summed E-state index contributed by atoms with van der Waals surface area (Å²) in [7, 11) is 1.52. The molecule has 0 aromatic carbocycles. The van der Waals surface area contributed by atoms with Crippen LogP contribution in [0.1, 0.15) is 5.89 Å². The van der Waals surface area contributed by atoms with E-state index in [1.54, 1.807) is 0 Å². The number of hydrogen-bond acceptors (Lipinski definition) is 4. The summed E-state index contributed by atoms with van der Waals surface area (Å²) in [6.07, 6.45) is -3.29. The van der Waals surface area contributed by atoms with Crippen LogP contribution in [-0.2, 0) is 13.2 Å². The largest absolute Gasteiger partial charge is 0.471 e. The molecule has 0 amide bonds. The molecule has 0 unspecified atom stereocenters. The van der Waals surface area contributed by atoms with Gasteiger partial charge in [-0.3, -0.25) is 4.79 Å². The third kappa shape index (κ3) is 2.19. The van der Waals surface area contributed by atoms with Gasteiger partial charge in [-0.25, -0.2) is 0 Å². The van der Waals surface area contributed by atoms with Gasteiger partial charge in [0.25, 0.3) is 5.56 Å². The van der Waals surface area contributed by atoms with Gasteiger partial charge in [-0.15, -0.1) is 0 Å². The van der Waals surface area contributed by atoms with Gasteiger partial charge in [0.2, 0.25) is 5.82 Å². The first-order chi connectivity index (χ1) is 7.88. The maximum atomic E-state index is 12.2. The van der Waals surface area contributed by atoms with Crippen molar-refractivity contribution in [2.45, 2.75) is 6.18 Å². The minimum absolute atomic E-state index is 0.173. The van der Waals surface area contributed by atoms with Crippen molar-refractivity contribution in [1.82, 2.24) is 14.7 Å². The molecule has 0 saturated carbocycles. The van der Waals surface area contributed by atoms with Crippen molar-refractivity contribution in [1.29, 1.82) is 0 Å². The van der Waals surface area contributed by atoms with Crippen LogP contribution >= 0.6 is 0 Å². The predicted octanol–water partition coefficient (Wildman–Crippen LogP) is 1.45. The summed E-state index contributed by atoms with van der Waals surface area (Å²) in [5, 5.41) is 3.17. The highest BCUT2D eigenvalue weighted by Crippen LogP contribution is 2.28. The Labute approximate surface area is 92.5 Å². The molecule has 17 heavy (non-hydrogen) atoms. The number of aryl methyl sites for hydroxylation is 1. The van der Waals surface area contributed by atoms with Gasteiger partial charge in [0.1, 0.15) is 0 Å². The molecule has 0 fully saturated rings. The highest BCUT2D eigenvalue weighted by molar-refractivity contribution is 5.52. The monoisotopic (exact) mass is 245 g/mol. The van der Waals surface area contributed by atoms with E-state index in [1.807, 2.05) is 0 Å². The quantitative estimate of drug-likeness (QED) is 0.763. The zero-order chi connectivity index (χ0) is 12.6. The Bertz CT molecular complexity index is 600. The second-order valence-corrected chi connectivity index (χ2v) is 3.29. The number of pyridine rings is 1. The van der Waals surface area contributed by atoms with Crippen LogP contribution in [-0.4, -0.2) is 14.7 Å². The molecule has 90 valence electrons. The molecule has 5 nitrogen and oxygen atoms in total. The van der Waals surface area contributed by atoms with Crippen molar-refractivity contribution in [2.24, 2.45) is 7.05 Å². The normalized spacial score (nSPS) is 11.8. The summed E-state index contributed by atoms with van der Waals surface area (Å²) in [6, 6.07) is 2.55. The minimum Gasteiger partial charge on any atom is -0.329 e. The maximum absolute atomic E-state index is 12.2. The van der Waals surface area contributed by atoms with Gasteiger partial charge < -0.3 is 9.09 Å². The second-order valence-electron chi connectivity index (χ2n) is 3.29. The topological polar surface area (TPSA) is 60.9 Å². The number of hydrogen-bond donors (Lipinski definition) is 0. The summed E-state index contributed by atoms with van der Waals surface area (Å²) in [5.41, 5.74) is -0.201. The van der Waals surface area contributed by atoms with Gasteiger partial charge in [-0.05, 0) is 6.07 Å². The highest BCUT2D eigenvalue weighted by Gasteiger charge is 2.38. The summed E-state index contributed by atoms with van der Waals surface area (Å²) >= 11 is 0. The fraction of sp³-hybridized carbons (Fsp3) is 0.222. The van der Waals surface area contributed by atoms with Crippen LogP contribution in [0.15, 0.2) is 27.6 Å². The van der Waals surface area contributed by atoms with E-state index in [2.05, 4.69) is 14.7 Å². The molecule has 0 aliphatic heterocycles. The standard InChI is InChI=1S/C9H6F3N3O2/c1-15-3-2-5(4-6(15)16)7-13-8(17-14-7)9(10,11)12/h2-4H,1H3. The summed E-state index contributed by atoms with van der Waals surface area (Å²) in [5.74, 6) is -1.71. The average molecular weight is 245 g/mol. The Morgan fingerprint density at radius 1 is 1.41 bits per heavy atom.